The fourth-order valence-electron chi connectivity index (χ4n) is 2.19. The molecule has 18 heavy (non-hydrogen) atoms. The van der Waals surface area contributed by atoms with E-state index in [1.165, 1.54) is 0 Å². The molecule has 0 heterocycles. The van der Waals surface area contributed by atoms with Crippen molar-refractivity contribution in [1.29, 1.82) is 0 Å². The van der Waals surface area contributed by atoms with Gasteiger partial charge in [0.05, 0.1) is 17.6 Å². The van der Waals surface area contributed by atoms with Crippen molar-refractivity contribution < 1.29 is 23.1 Å². The molecule has 0 bridgehead atoms. The summed E-state index contributed by atoms with van der Waals surface area (Å²) < 4.78 is 21.3. The summed E-state index contributed by atoms with van der Waals surface area (Å²) in [7, 11) is -3.51. The van der Waals surface area contributed by atoms with Crippen molar-refractivity contribution in [3.05, 3.63) is 0 Å². The molecule has 104 valence electrons. The number of hydrogen-bond donors (Lipinski definition) is 3. The molecule has 1 fully saturated rings. The van der Waals surface area contributed by atoms with E-state index in [0.717, 1.165) is 6.42 Å². The van der Waals surface area contributed by atoms with E-state index in [9.17, 15) is 18.0 Å². The van der Waals surface area contributed by atoms with Crippen LogP contribution in [0.2, 0.25) is 0 Å². The summed E-state index contributed by atoms with van der Waals surface area (Å²) in [5, 5.41) is 16.3. The zero-order valence-corrected chi connectivity index (χ0v) is 10.8. The Kier molecular flexibility index (Phi) is 5.09. The monoisotopic (exact) mass is 278 g/mol. The molecule has 1 aliphatic rings. The van der Waals surface area contributed by atoms with Crippen LogP contribution in [0.1, 0.15) is 25.7 Å². The number of carbonyl (C=O) groups is 2. The van der Waals surface area contributed by atoms with Crippen LogP contribution in [-0.4, -0.2) is 37.7 Å². The van der Waals surface area contributed by atoms with Crippen molar-refractivity contribution in [2.75, 3.05) is 12.3 Å². The Hall–Kier alpha value is -1.15. The molecule has 4 N–H and O–H groups in total. The summed E-state index contributed by atoms with van der Waals surface area (Å²) >= 11 is 0. The molecule has 0 saturated heterocycles. The van der Waals surface area contributed by atoms with Crippen molar-refractivity contribution in [2.45, 2.75) is 25.7 Å². The van der Waals surface area contributed by atoms with Crippen molar-refractivity contribution in [3.8, 4) is 0 Å². The van der Waals surface area contributed by atoms with Crippen molar-refractivity contribution in [2.24, 2.45) is 17.0 Å². The first kappa shape index (κ1) is 14.9. The maximum absolute atomic E-state index is 11.7. The van der Waals surface area contributed by atoms with Crippen LogP contribution >= 0.6 is 0 Å². The normalized spacial score (nSPS) is 23.8. The first-order valence-corrected chi connectivity index (χ1v) is 7.54. The number of amides is 1. The van der Waals surface area contributed by atoms with E-state index in [1.54, 1.807) is 0 Å². The third-order valence-electron chi connectivity index (χ3n) is 3.07. The number of sulfonamides is 1. The Balaban J connectivity index is 2.35. The van der Waals surface area contributed by atoms with Gasteiger partial charge < -0.3 is 10.4 Å². The molecule has 1 aliphatic carbocycles. The van der Waals surface area contributed by atoms with Crippen molar-refractivity contribution in [1.82, 2.24) is 5.32 Å². The summed E-state index contributed by atoms with van der Waals surface area (Å²) in [5.41, 5.74) is 0. The van der Waals surface area contributed by atoms with Crippen LogP contribution in [0.25, 0.3) is 0 Å². The number of aliphatic carboxylic acids is 1. The Bertz CT molecular complexity index is 420. The zero-order chi connectivity index (χ0) is 13.8. The lowest BCUT2D eigenvalue weighted by atomic mass is 9.95. The quantitative estimate of drug-likeness (QED) is 0.553. The summed E-state index contributed by atoms with van der Waals surface area (Å²) in [6.07, 6.45) is 2.05. The number of carboxylic acids is 1. The highest BCUT2D eigenvalue weighted by Crippen LogP contribution is 2.31. The molecule has 1 amide bonds. The second kappa shape index (κ2) is 6.14. The average Bonchev–Trinajstić information content (AvgIpc) is 2.71. The van der Waals surface area contributed by atoms with Gasteiger partial charge in [0, 0.05) is 6.54 Å². The molecule has 2 atom stereocenters. The molecule has 0 aromatic carbocycles. The van der Waals surface area contributed by atoms with Crippen LogP contribution in [0, 0.1) is 11.8 Å². The van der Waals surface area contributed by atoms with Gasteiger partial charge >= 0.3 is 5.97 Å². The summed E-state index contributed by atoms with van der Waals surface area (Å²) in [4.78, 5) is 22.6. The van der Waals surface area contributed by atoms with Gasteiger partial charge in [0.15, 0.2) is 0 Å². The largest absolute Gasteiger partial charge is 0.481 e. The number of hydrogen-bond acceptors (Lipinski definition) is 4. The van der Waals surface area contributed by atoms with Gasteiger partial charge in [-0.2, -0.15) is 0 Å². The van der Waals surface area contributed by atoms with Gasteiger partial charge in [-0.05, 0) is 19.3 Å². The van der Waals surface area contributed by atoms with Gasteiger partial charge in [0.2, 0.25) is 15.9 Å². The number of carbonyl (C=O) groups excluding carboxylic acids is 1. The van der Waals surface area contributed by atoms with E-state index in [-0.39, 0.29) is 24.6 Å². The Morgan fingerprint density at radius 1 is 1.28 bits per heavy atom. The lowest BCUT2D eigenvalue weighted by Gasteiger charge is -2.15. The minimum atomic E-state index is -3.51. The maximum atomic E-state index is 11.7. The molecular formula is C10H18N2O5S. The molecule has 7 nitrogen and oxygen atoms in total. The highest BCUT2D eigenvalue weighted by molar-refractivity contribution is 7.89. The van der Waals surface area contributed by atoms with E-state index >= 15 is 0 Å². The Labute approximate surface area is 106 Å². The highest BCUT2D eigenvalue weighted by Gasteiger charge is 2.37. The fraction of sp³-hybridized carbons (Fsp3) is 0.800. The number of nitrogens with one attached hydrogen (secondary N) is 1. The van der Waals surface area contributed by atoms with Crippen LogP contribution in [-0.2, 0) is 19.6 Å². The van der Waals surface area contributed by atoms with Gasteiger partial charge in [-0.1, -0.05) is 6.42 Å². The summed E-state index contributed by atoms with van der Waals surface area (Å²) in [5.74, 6) is -2.58. The average molecular weight is 278 g/mol. The lowest BCUT2D eigenvalue weighted by molar-refractivity contribution is -0.146. The zero-order valence-electron chi connectivity index (χ0n) is 9.96. The van der Waals surface area contributed by atoms with Gasteiger partial charge in [0.25, 0.3) is 0 Å². The van der Waals surface area contributed by atoms with Crippen LogP contribution in [0.15, 0.2) is 0 Å². The second-order valence-electron chi connectivity index (χ2n) is 4.49. The number of nitrogens with two attached hydrogens (primary N) is 1. The number of rotatable bonds is 6. The predicted molar refractivity (Wildman–Crippen MR) is 64.1 cm³/mol. The molecule has 0 aromatic rings. The van der Waals surface area contributed by atoms with Gasteiger partial charge in [-0.15, -0.1) is 0 Å². The second-order valence-corrected chi connectivity index (χ2v) is 6.23. The smallest absolute Gasteiger partial charge is 0.307 e. The van der Waals surface area contributed by atoms with Gasteiger partial charge in [0.1, 0.15) is 0 Å². The molecule has 1 saturated carbocycles. The van der Waals surface area contributed by atoms with E-state index in [0.29, 0.717) is 12.8 Å². The van der Waals surface area contributed by atoms with E-state index in [2.05, 4.69) is 5.32 Å². The van der Waals surface area contributed by atoms with Crippen LogP contribution in [0.3, 0.4) is 0 Å². The molecule has 0 spiro atoms. The van der Waals surface area contributed by atoms with E-state index < -0.39 is 27.8 Å². The van der Waals surface area contributed by atoms with Crippen molar-refractivity contribution in [3.63, 3.8) is 0 Å². The standard InChI is InChI=1S/C10H18N2O5S/c11-18(16,17)6-2-5-12-9(13)7-3-1-4-8(7)10(14)15/h7-8H,1-6H2,(H,12,13)(H,14,15)(H2,11,16,17)/t7-,8+/m1/s1. The molecule has 8 heteroatoms. The summed E-state index contributed by atoms with van der Waals surface area (Å²) in [6.45, 7) is 0.193. The Morgan fingerprint density at radius 2 is 1.89 bits per heavy atom. The summed E-state index contributed by atoms with van der Waals surface area (Å²) in [6, 6.07) is 0. The van der Waals surface area contributed by atoms with Crippen LogP contribution in [0.4, 0.5) is 0 Å². The topological polar surface area (TPSA) is 127 Å². The first-order valence-electron chi connectivity index (χ1n) is 5.82. The van der Waals surface area contributed by atoms with E-state index in [1.807, 2.05) is 0 Å². The predicted octanol–water partition coefficient (Wildman–Crippen LogP) is -0.718. The Morgan fingerprint density at radius 3 is 2.44 bits per heavy atom. The van der Waals surface area contributed by atoms with Crippen LogP contribution in [0.5, 0.6) is 0 Å². The number of carboxylic acid groups (broad SMARTS) is 1. The maximum Gasteiger partial charge on any atom is 0.307 e. The molecule has 0 aromatic heterocycles. The van der Waals surface area contributed by atoms with Gasteiger partial charge in [-0.3, -0.25) is 9.59 Å². The lowest BCUT2D eigenvalue weighted by Crippen LogP contribution is -2.36. The van der Waals surface area contributed by atoms with E-state index in [4.69, 9.17) is 10.2 Å². The third kappa shape index (κ3) is 4.61. The molecule has 0 radical (unpaired) electrons. The van der Waals surface area contributed by atoms with Gasteiger partial charge in [-0.25, -0.2) is 13.6 Å². The SMILES string of the molecule is NS(=O)(=O)CCCNC(=O)[C@@H]1CCC[C@@H]1C(=O)O. The number of primary sulfonamides is 1. The molecule has 0 unspecified atom stereocenters. The minimum Gasteiger partial charge on any atom is -0.481 e. The van der Waals surface area contributed by atoms with Crippen LogP contribution < -0.4 is 10.5 Å². The third-order valence-corrected chi connectivity index (χ3v) is 3.93. The minimum absolute atomic E-state index is 0.193. The first-order chi connectivity index (χ1) is 8.31. The van der Waals surface area contributed by atoms with Crippen molar-refractivity contribution >= 4 is 21.9 Å². The fourth-order valence-corrected chi connectivity index (χ4v) is 2.73. The molecular weight excluding hydrogens is 260 g/mol. The highest BCUT2D eigenvalue weighted by atomic mass is 32.2. The molecule has 1 rings (SSSR count). The molecule has 0 aliphatic heterocycles.